The molecule has 68 valence electrons. The number of benzene rings is 1. The first-order chi connectivity index (χ1) is 6.18. The molecule has 1 saturated carbocycles. The maximum atomic E-state index is 11.1. The predicted octanol–water partition coefficient (Wildman–Crippen LogP) is 2.69. The second-order valence-electron chi connectivity index (χ2n) is 3.98. The summed E-state index contributed by atoms with van der Waals surface area (Å²) in [7, 11) is 0. The monoisotopic (exact) mass is 174 g/mol. The van der Waals surface area contributed by atoms with Gasteiger partial charge in [-0.05, 0) is 12.5 Å². The molecular weight excluding hydrogens is 160 g/mol. The van der Waals surface area contributed by atoms with Gasteiger partial charge in [0.25, 0.3) is 0 Å². The molecule has 1 aromatic rings. The summed E-state index contributed by atoms with van der Waals surface area (Å²) in [5.41, 5.74) is 2.60. The van der Waals surface area contributed by atoms with E-state index in [9.17, 15) is 4.79 Å². The van der Waals surface area contributed by atoms with Crippen molar-refractivity contribution in [3.05, 3.63) is 35.4 Å². The van der Waals surface area contributed by atoms with Crippen molar-refractivity contribution in [1.82, 2.24) is 0 Å². The largest absolute Gasteiger partial charge is 0.299 e. The maximum Gasteiger partial charge on any atom is 0.136 e. The molecule has 0 amide bonds. The van der Waals surface area contributed by atoms with Crippen LogP contribution in [0.5, 0.6) is 0 Å². The summed E-state index contributed by atoms with van der Waals surface area (Å²) >= 11 is 0. The van der Waals surface area contributed by atoms with E-state index in [4.69, 9.17) is 0 Å². The average molecular weight is 174 g/mol. The van der Waals surface area contributed by atoms with Gasteiger partial charge >= 0.3 is 0 Å². The van der Waals surface area contributed by atoms with E-state index in [2.05, 4.69) is 31.2 Å². The second kappa shape index (κ2) is 2.99. The third kappa shape index (κ3) is 1.39. The molecular formula is C12H14O. The van der Waals surface area contributed by atoms with Gasteiger partial charge in [0.05, 0.1) is 0 Å². The summed E-state index contributed by atoms with van der Waals surface area (Å²) in [4.78, 5) is 11.1. The molecule has 1 heteroatoms. The summed E-state index contributed by atoms with van der Waals surface area (Å²) < 4.78 is 0. The minimum Gasteiger partial charge on any atom is -0.299 e. The van der Waals surface area contributed by atoms with E-state index in [0.29, 0.717) is 11.7 Å². The molecule has 1 aromatic carbocycles. The molecule has 2 unspecified atom stereocenters. The van der Waals surface area contributed by atoms with Gasteiger partial charge in [-0.2, -0.15) is 0 Å². The highest BCUT2D eigenvalue weighted by atomic mass is 16.1. The zero-order chi connectivity index (χ0) is 9.42. The van der Waals surface area contributed by atoms with Gasteiger partial charge in [0.1, 0.15) is 5.78 Å². The minimum absolute atomic E-state index is 0.239. The molecule has 1 fully saturated rings. The van der Waals surface area contributed by atoms with E-state index in [1.54, 1.807) is 0 Å². The van der Waals surface area contributed by atoms with E-state index < -0.39 is 0 Å². The zero-order valence-corrected chi connectivity index (χ0v) is 8.08. The Kier molecular flexibility index (Phi) is 1.95. The highest BCUT2D eigenvalue weighted by Gasteiger charge is 2.36. The Hall–Kier alpha value is -1.11. The molecule has 0 radical (unpaired) electrons. The molecule has 2 rings (SSSR count). The Bertz CT molecular complexity index is 323. The number of rotatable bonds is 1. The Morgan fingerprint density at radius 1 is 1.23 bits per heavy atom. The van der Waals surface area contributed by atoms with Gasteiger partial charge in [-0.15, -0.1) is 0 Å². The van der Waals surface area contributed by atoms with Crippen molar-refractivity contribution in [2.75, 3.05) is 0 Å². The third-order valence-electron chi connectivity index (χ3n) is 3.04. The van der Waals surface area contributed by atoms with Crippen LogP contribution >= 0.6 is 0 Å². The Labute approximate surface area is 78.8 Å². The number of ketones is 1. The van der Waals surface area contributed by atoms with Crippen LogP contribution in [-0.2, 0) is 4.79 Å². The van der Waals surface area contributed by atoms with Crippen molar-refractivity contribution in [1.29, 1.82) is 0 Å². The van der Waals surface area contributed by atoms with Gasteiger partial charge in [-0.3, -0.25) is 4.79 Å². The quantitative estimate of drug-likeness (QED) is 0.639. The molecule has 2 atom stereocenters. The van der Waals surface area contributed by atoms with Crippen LogP contribution in [0.2, 0.25) is 0 Å². The number of hydrogen-bond acceptors (Lipinski definition) is 1. The van der Waals surface area contributed by atoms with Crippen LogP contribution in [0.1, 0.15) is 30.4 Å². The lowest BCUT2D eigenvalue weighted by Gasteiger charge is -2.32. The summed E-state index contributed by atoms with van der Waals surface area (Å²) in [5, 5.41) is 0. The molecule has 0 aromatic heterocycles. The lowest BCUT2D eigenvalue weighted by atomic mass is 9.70. The molecule has 0 saturated heterocycles. The van der Waals surface area contributed by atoms with Crippen LogP contribution in [-0.4, -0.2) is 5.78 Å². The molecule has 0 bridgehead atoms. The number of Topliss-reactive ketones (excluding diaryl/α,β-unsaturated/α-hetero) is 1. The standard InChI is InChI=1S/C12H14O/c1-8-3-5-10(6-4-8)11-7-12(13)9(11)2/h3-6,9,11H,7H2,1-2H3. The molecule has 1 nitrogen and oxygen atoms in total. The first kappa shape index (κ1) is 8.49. The summed E-state index contributed by atoms with van der Waals surface area (Å²) in [5.74, 6) is 1.13. The lowest BCUT2D eigenvalue weighted by molar-refractivity contribution is -0.130. The Balaban J connectivity index is 2.18. The molecule has 0 heterocycles. The highest BCUT2D eigenvalue weighted by Crippen LogP contribution is 2.38. The van der Waals surface area contributed by atoms with Crippen molar-refractivity contribution >= 4 is 5.78 Å². The topological polar surface area (TPSA) is 17.1 Å². The average Bonchev–Trinajstić information content (AvgIpc) is 2.15. The maximum absolute atomic E-state index is 11.1. The van der Waals surface area contributed by atoms with Crippen LogP contribution in [0.4, 0.5) is 0 Å². The summed E-state index contributed by atoms with van der Waals surface area (Å²) in [6, 6.07) is 8.52. The molecule has 0 aliphatic heterocycles. The van der Waals surface area contributed by atoms with E-state index in [0.717, 1.165) is 6.42 Å². The first-order valence-electron chi connectivity index (χ1n) is 4.78. The van der Waals surface area contributed by atoms with E-state index >= 15 is 0 Å². The van der Waals surface area contributed by atoms with Gasteiger partial charge in [-0.1, -0.05) is 36.8 Å². The fourth-order valence-electron chi connectivity index (χ4n) is 1.86. The Morgan fingerprint density at radius 2 is 1.85 bits per heavy atom. The van der Waals surface area contributed by atoms with Gasteiger partial charge in [0, 0.05) is 18.3 Å². The van der Waals surface area contributed by atoms with Crippen LogP contribution in [0.15, 0.2) is 24.3 Å². The molecule has 1 aliphatic carbocycles. The summed E-state index contributed by atoms with van der Waals surface area (Å²) in [6.07, 6.45) is 0.740. The smallest absolute Gasteiger partial charge is 0.136 e. The van der Waals surface area contributed by atoms with Crippen LogP contribution in [0.3, 0.4) is 0 Å². The molecule has 0 N–H and O–H groups in total. The van der Waals surface area contributed by atoms with Gasteiger partial charge in [0.15, 0.2) is 0 Å². The van der Waals surface area contributed by atoms with Crippen LogP contribution in [0, 0.1) is 12.8 Å². The number of carbonyl (C=O) groups excluding carboxylic acids is 1. The molecule has 0 spiro atoms. The lowest BCUT2D eigenvalue weighted by Crippen LogP contribution is -2.32. The van der Waals surface area contributed by atoms with Crippen molar-refractivity contribution < 1.29 is 4.79 Å². The van der Waals surface area contributed by atoms with Gasteiger partial charge in [-0.25, -0.2) is 0 Å². The normalized spacial score (nSPS) is 27.1. The van der Waals surface area contributed by atoms with Crippen molar-refractivity contribution in [2.45, 2.75) is 26.2 Å². The SMILES string of the molecule is Cc1ccc(C2CC(=O)C2C)cc1. The predicted molar refractivity (Wildman–Crippen MR) is 52.7 cm³/mol. The number of aryl methyl sites for hydroxylation is 1. The number of hydrogen-bond donors (Lipinski definition) is 0. The van der Waals surface area contributed by atoms with E-state index in [-0.39, 0.29) is 5.92 Å². The van der Waals surface area contributed by atoms with E-state index in [1.165, 1.54) is 11.1 Å². The van der Waals surface area contributed by atoms with Crippen LogP contribution < -0.4 is 0 Å². The number of carbonyl (C=O) groups is 1. The Morgan fingerprint density at radius 3 is 2.31 bits per heavy atom. The molecule has 1 aliphatic rings. The summed E-state index contributed by atoms with van der Waals surface area (Å²) in [6.45, 7) is 4.11. The fourth-order valence-corrected chi connectivity index (χ4v) is 1.86. The van der Waals surface area contributed by atoms with Gasteiger partial charge < -0.3 is 0 Å². The van der Waals surface area contributed by atoms with Crippen molar-refractivity contribution in [3.63, 3.8) is 0 Å². The van der Waals surface area contributed by atoms with E-state index in [1.807, 2.05) is 6.92 Å². The van der Waals surface area contributed by atoms with Crippen molar-refractivity contribution in [2.24, 2.45) is 5.92 Å². The third-order valence-corrected chi connectivity index (χ3v) is 3.04. The minimum atomic E-state index is 0.239. The zero-order valence-electron chi connectivity index (χ0n) is 8.08. The van der Waals surface area contributed by atoms with Crippen molar-refractivity contribution in [3.8, 4) is 0 Å². The van der Waals surface area contributed by atoms with Gasteiger partial charge in [0.2, 0.25) is 0 Å². The highest BCUT2D eigenvalue weighted by molar-refractivity contribution is 5.88. The molecule has 13 heavy (non-hydrogen) atoms. The second-order valence-corrected chi connectivity index (χ2v) is 3.98. The fraction of sp³-hybridized carbons (Fsp3) is 0.417. The van der Waals surface area contributed by atoms with Crippen LogP contribution in [0.25, 0.3) is 0 Å². The first-order valence-corrected chi connectivity index (χ1v) is 4.78.